The van der Waals surface area contributed by atoms with E-state index in [0.717, 1.165) is 25.2 Å². The van der Waals surface area contributed by atoms with Crippen molar-refractivity contribution >= 4 is 0 Å². The molecule has 0 aromatic carbocycles. The molecule has 20 heavy (non-hydrogen) atoms. The van der Waals surface area contributed by atoms with Gasteiger partial charge in [0.15, 0.2) is 0 Å². The second-order valence-electron chi connectivity index (χ2n) is 5.30. The zero-order valence-corrected chi connectivity index (χ0v) is 12.1. The highest BCUT2D eigenvalue weighted by molar-refractivity contribution is 5.30. The molecule has 2 aromatic rings. The van der Waals surface area contributed by atoms with Gasteiger partial charge in [0.2, 0.25) is 0 Å². The first-order chi connectivity index (χ1) is 9.79. The van der Waals surface area contributed by atoms with E-state index in [2.05, 4.69) is 27.3 Å². The molecule has 3 rings (SSSR count). The van der Waals surface area contributed by atoms with E-state index in [0.29, 0.717) is 0 Å². The Morgan fingerprint density at radius 1 is 1.30 bits per heavy atom. The van der Waals surface area contributed by atoms with Gasteiger partial charge in [-0.25, -0.2) is 9.97 Å². The van der Waals surface area contributed by atoms with Crippen molar-refractivity contribution in [3.8, 4) is 0 Å². The maximum absolute atomic E-state index is 4.61. The molecule has 1 aliphatic rings. The van der Waals surface area contributed by atoms with Gasteiger partial charge in [0, 0.05) is 26.0 Å². The lowest BCUT2D eigenvalue weighted by Crippen LogP contribution is -2.24. The van der Waals surface area contributed by atoms with Gasteiger partial charge in [-0.05, 0) is 37.3 Å². The Hall–Kier alpha value is -1.75. The van der Waals surface area contributed by atoms with Crippen LogP contribution in [-0.2, 0) is 26.4 Å². The van der Waals surface area contributed by atoms with Crippen molar-refractivity contribution < 1.29 is 0 Å². The van der Waals surface area contributed by atoms with Crippen LogP contribution in [0.2, 0.25) is 0 Å². The summed E-state index contributed by atoms with van der Waals surface area (Å²) in [6, 6.07) is 2.05. The number of aryl methyl sites for hydroxylation is 2. The Morgan fingerprint density at radius 3 is 2.85 bits per heavy atom. The zero-order valence-electron chi connectivity index (χ0n) is 12.1. The van der Waals surface area contributed by atoms with E-state index in [-0.39, 0.29) is 6.04 Å². The minimum Gasteiger partial charge on any atom is -0.302 e. The maximum atomic E-state index is 4.61. The number of fused-ring (bicyclic) bond motifs is 1. The van der Waals surface area contributed by atoms with Gasteiger partial charge >= 0.3 is 0 Å². The molecule has 106 valence electrons. The van der Waals surface area contributed by atoms with Crippen LogP contribution in [0, 0.1) is 0 Å². The first-order valence-electron chi connectivity index (χ1n) is 7.33. The summed E-state index contributed by atoms with van der Waals surface area (Å²) in [4.78, 5) is 8.70. The smallest absolute Gasteiger partial charge is 0.145 e. The van der Waals surface area contributed by atoms with Crippen molar-refractivity contribution in [2.24, 2.45) is 7.05 Å². The van der Waals surface area contributed by atoms with Crippen LogP contribution in [0.25, 0.3) is 0 Å². The highest BCUT2D eigenvalue weighted by atomic mass is 15.3. The van der Waals surface area contributed by atoms with Gasteiger partial charge < -0.3 is 5.32 Å². The summed E-state index contributed by atoms with van der Waals surface area (Å²) in [5.74, 6) is 0.869. The lowest BCUT2D eigenvalue weighted by atomic mass is 10.1. The third kappa shape index (κ3) is 2.45. The van der Waals surface area contributed by atoms with Crippen LogP contribution in [0.5, 0.6) is 0 Å². The average Bonchev–Trinajstić information content (AvgIpc) is 3.02. The summed E-state index contributed by atoms with van der Waals surface area (Å²) in [7, 11) is 2.04. The largest absolute Gasteiger partial charge is 0.302 e. The molecule has 0 aliphatic heterocycles. The van der Waals surface area contributed by atoms with Crippen LogP contribution in [0.1, 0.15) is 48.6 Å². The van der Waals surface area contributed by atoms with Crippen LogP contribution < -0.4 is 5.32 Å². The molecule has 0 fully saturated rings. The Bertz CT molecular complexity index is 575. The van der Waals surface area contributed by atoms with Crippen molar-refractivity contribution in [2.75, 3.05) is 0 Å². The van der Waals surface area contributed by atoms with Gasteiger partial charge in [-0.2, -0.15) is 5.10 Å². The fourth-order valence-electron chi connectivity index (χ4n) is 2.94. The van der Waals surface area contributed by atoms with Gasteiger partial charge in [-0.1, -0.05) is 6.92 Å². The Kier molecular flexibility index (Phi) is 3.78. The maximum Gasteiger partial charge on any atom is 0.145 e. The van der Waals surface area contributed by atoms with Crippen LogP contribution in [0.3, 0.4) is 0 Å². The Balaban J connectivity index is 1.73. The molecular weight excluding hydrogens is 250 g/mol. The van der Waals surface area contributed by atoms with E-state index in [1.165, 1.54) is 29.8 Å². The van der Waals surface area contributed by atoms with E-state index in [1.54, 1.807) is 12.4 Å². The molecule has 0 saturated heterocycles. The molecule has 5 heteroatoms. The van der Waals surface area contributed by atoms with Crippen molar-refractivity contribution in [1.82, 2.24) is 25.1 Å². The Labute approximate surface area is 119 Å². The summed E-state index contributed by atoms with van der Waals surface area (Å²) in [5, 5.41) is 8.19. The summed E-state index contributed by atoms with van der Waals surface area (Å²) in [5.41, 5.74) is 4.05. The molecular formula is C15H21N5. The second-order valence-corrected chi connectivity index (χ2v) is 5.30. The molecule has 5 nitrogen and oxygen atoms in total. The topological polar surface area (TPSA) is 55.6 Å². The number of aromatic nitrogens is 4. The molecule has 1 atom stereocenters. The first-order valence-corrected chi connectivity index (χ1v) is 7.33. The fourth-order valence-corrected chi connectivity index (χ4v) is 2.94. The molecule has 0 bridgehead atoms. The minimum absolute atomic E-state index is 0.197. The normalized spacial score (nSPS) is 15.3. The van der Waals surface area contributed by atoms with Gasteiger partial charge in [-0.15, -0.1) is 0 Å². The van der Waals surface area contributed by atoms with E-state index in [9.17, 15) is 0 Å². The highest BCUT2D eigenvalue weighted by Crippen LogP contribution is 2.24. The van der Waals surface area contributed by atoms with Crippen LogP contribution >= 0.6 is 0 Å². The predicted octanol–water partition coefficient (Wildman–Crippen LogP) is 1.94. The van der Waals surface area contributed by atoms with Crippen LogP contribution in [0.15, 0.2) is 18.5 Å². The molecule has 0 saturated carbocycles. The van der Waals surface area contributed by atoms with Gasteiger partial charge in [0.05, 0.1) is 17.4 Å². The van der Waals surface area contributed by atoms with Crippen molar-refractivity contribution in [3.63, 3.8) is 0 Å². The van der Waals surface area contributed by atoms with E-state index in [1.807, 2.05) is 17.8 Å². The molecule has 2 aromatic heterocycles. The molecule has 1 unspecified atom stereocenters. The molecule has 1 aliphatic carbocycles. The number of hydrogen-bond donors (Lipinski definition) is 1. The summed E-state index contributed by atoms with van der Waals surface area (Å²) in [6.07, 6.45) is 8.11. The predicted molar refractivity (Wildman–Crippen MR) is 77.1 cm³/mol. The zero-order chi connectivity index (χ0) is 13.9. The standard InChI is InChI=1S/C15H21N5/c1-3-12(15-16-8-5-9-17-15)18-10-14-11-6-4-7-13(11)19-20(14)2/h5,8-9,12,18H,3-4,6-7,10H2,1-2H3. The van der Waals surface area contributed by atoms with E-state index >= 15 is 0 Å². The number of nitrogens with zero attached hydrogens (tertiary/aromatic N) is 4. The van der Waals surface area contributed by atoms with Crippen molar-refractivity contribution in [1.29, 1.82) is 0 Å². The monoisotopic (exact) mass is 271 g/mol. The number of nitrogens with one attached hydrogen (secondary N) is 1. The SMILES string of the molecule is CCC(NCc1c2c(nn1C)CCC2)c1ncccn1. The average molecular weight is 271 g/mol. The Morgan fingerprint density at radius 2 is 2.10 bits per heavy atom. The molecule has 1 N–H and O–H groups in total. The quantitative estimate of drug-likeness (QED) is 0.903. The van der Waals surface area contributed by atoms with E-state index in [4.69, 9.17) is 0 Å². The minimum atomic E-state index is 0.197. The van der Waals surface area contributed by atoms with E-state index < -0.39 is 0 Å². The first kappa shape index (κ1) is 13.2. The third-order valence-corrected chi connectivity index (χ3v) is 4.02. The highest BCUT2D eigenvalue weighted by Gasteiger charge is 2.21. The van der Waals surface area contributed by atoms with Crippen molar-refractivity contribution in [3.05, 3.63) is 41.2 Å². The lowest BCUT2D eigenvalue weighted by Gasteiger charge is -2.16. The molecule has 0 radical (unpaired) electrons. The van der Waals surface area contributed by atoms with Crippen molar-refractivity contribution in [2.45, 2.75) is 45.2 Å². The molecule has 2 heterocycles. The number of hydrogen-bond acceptors (Lipinski definition) is 4. The fraction of sp³-hybridized carbons (Fsp3) is 0.533. The third-order valence-electron chi connectivity index (χ3n) is 4.02. The van der Waals surface area contributed by atoms with Gasteiger partial charge in [0.25, 0.3) is 0 Å². The molecule has 0 spiro atoms. The molecule has 0 amide bonds. The summed E-state index contributed by atoms with van der Waals surface area (Å²) >= 11 is 0. The summed E-state index contributed by atoms with van der Waals surface area (Å²) < 4.78 is 2.02. The van der Waals surface area contributed by atoms with Crippen LogP contribution in [-0.4, -0.2) is 19.7 Å². The number of rotatable bonds is 5. The van der Waals surface area contributed by atoms with Crippen LogP contribution in [0.4, 0.5) is 0 Å². The summed E-state index contributed by atoms with van der Waals surface area (Å²) in [6.45, 7) is 2.98. The second kappa shape index (κ2) is 5.71. The van der Waals surface area contributed by atoms with Gasteiger partial charge in [0.1, 0.15) is 5.82 Å². The lowest BCUT2D eigenvalue weighted by molar-refractivity contribution is 0.479. The van der Waals surface area contributed by atoms with Gasteiger partial charge in [-0.3, -0.25) is 4.68 Å².